The number of amides is 1. The molecular formula is C32H36N2O15. The lowest BCUT2D eigenvalue weighted by Gasteiger charge is -2.48. The maximum Gasteiger partial charge on any atom is 0.380 e. The van der Waals surface area contributed by atoms with Crippen molar-refractivity contribution in [1.29, 1.82) is 0 Å². The number of nitrogens with one attached hydrogen (secondary N) is 1. The van der Waals surface area contributed by atoms with E-state index >= 15 is 0 Å². The topological polar surface area (TPSA) is 222 Å². The Labute approximate surface area is 280 Å². The molecule has 1 aliphatic rings. The van der Waals surface area contributed by atoms with Crippen molar-refractivity contribution in [2.24, 2.45) is 0 Å². The van der Waals surface area contributed by atoms with Crippen LogP contribution < -0.4 is 10.1 Å². The molecular weight excluding hydrogens is 652 g/mol. The molecule has 0 bridgehead atoms. The zero-order chi connectivity index (χ0) is 36.3. The highest BCUT2D eigenvalue weighted by Gasteiger charge is 2.60. The van der Waals surface area contributed by atoms with Gasteiger partial charge >= 0.3 is 35.6 Å². The van der Waals surface area contributed by atoms with E-state index in [-0.39, 0.29) is 18.0 Å². The molecule has 1 heterocycles. The van der Waals surface area contributed by atoms with Crippen molar-refractivity contribution in [1.82, 2.24) is 5.32 Å². The number of nitrogens with zero attached hydrogens (tertiary/aromatic N) is 1. The highest BCUT2D eigenvalue weighted by atomic mass is 16.7. The van der Waals surface area contributed by atoms with Crippen LogP contribution in [0, 0.1) is 10.1 Å². The number of esters is 5. The van der Waals surface area contributed by atoms with Crippen LogP contribution in [0.5, 0.6) is 5.75 Å². The summed E-state index contributed by atoms with van der Waals surface area (Å²) < 4.78 is 39.5. The van der Waals surface area contributed by atoms with Crippen LogP contribution in [0.25, 0.3) is 0 Å². The van der Waals surface area contributed by atoms with Gasteiger partial charge in [0.2, 0.25) is 5.91 Å². The van der Waals surface area contributed by atoms with Crippen molar-refractivity contribution in [2.45, 2.75) is 83.9 Å². The zero-order valence-corrected chi connectivity index (χ0v) is 27.3. The maximum atomic E-state index is 14.1. The predicted octanol–water partition coefficient (Wildman–Crippen LogP) is 2.07. The Morgan fingerprint density at radius 3 is 2.04 bits per heavy atom. The van der Waals surface area contributed by atoms with Crippen LogP contribution in [0.1, 0.15) is 46.6 Å². The number of nitro groups is 1. The molecule has 0 unspecified atom stereocenters. The summed E-state index contributed by atoms with van der Waals surface area (Å²) in [7, 11) is 0. The Kier molecular flexibility index (Phi) is 13.1. The first-order valence-corrected chi connectivity index (χ1v) is 14.8. The average molecular weight is 689 g/mol. The second-order valence-electron chi connectivity index (χ2n) is 10.9. The number of rotatable bonds is 14. The predicted molar refractivity (Wildman–Crippen MR) is 163 cm³/mol. The van der Waals surface area contributed by atoms with E-state index in [0.29, 0.717) is 5.56 Å². The second-order valence-corrected chi connectivity index (χ2v) is 10.9. The van der Waals surface area contributed by atoms with E-state index in [2.05, 4.69) is 5.32 Å². The minimum atomic E-state index is -2.56. The van der Waals surface area contributed by atoms with E-state index in [1.165, 1.54) is 12.1 Å². The Balaban J connectivity index is 2.24. The molecule has 1 amide bonds. The fourth-order valence-corrected chi connectivity index (χ4v) is 5.01. The first-order chi connectivity index (χ1) is 23.1. The van der Waals surface area contributed by atoms with Gasteiger partial charge in [-0.2, -0.15) is 0 Å². The Hall–Kier alpha value is -5.58. The van der Waals surface area contributed by atoms with Gasteiger partial charge in [-0.3, -0.25) is 34.1 Å². The molecule has 17 nitrogen and oxygen atoms in total. The number of carbonyl (C=O) groups excluding carboxylic acids is 6. The average Bonchev–Trinajstić information content (AvgIpc) is 3.02. The maximum absolute atomic E-state index is 14.1. The van der Waals surface area contributed by atoms with Crippen LogP contribution in [-0.4, -0.2) is 83.5 Å². The van der Waals surface area contributed by atoms with Gasteiger partial charge in [0.05, 0.1) is 17.4 Å². The van der Waals surface area contributed by atoms with Crippen LogP contribution in [0.2, 0.25) is 0 Å². The summed E-state index contributed by atoms with van der Waals surface area (Å²) in [6.07, 6.45) is -7.19. The minimum absolute atomic E-state index is 0.138. The Morgan fingerprint density at radius 2 is 1.51 bits per heavy atom. The van der Waals surface area contributed by atoms with E-state index in [1.807, 2.05) is 0 Å². The standard InChI is InChI=1S/C32H36N2O15/c1-18(35)33-28-26(45-20(3)37)15-32(31(40)44-16-23-9-7-6-8-10-23,48-25-13-11-24(12-14-25)34(41)42)49-30(28)29(47-22(5)39)27(46-21(4)38)17-43-19(2)36/h6-14,26-30H,15-17H2,1-5H3,(H,33,35)/t26-,27+,28+,29+,30+,32+/m0/s1. The fourth-order valence-electron chi connectivity index (χ4n) is 5.01. The summed E-state index contributed by atoms with van der Waals surface area (Å²) in [6, 6.07) is 11.6. The third-order valence-electron chi connectivity index (χ3n) is 6.85. The monoisotopic (exact) mass is 688 g/mol. The van der Waals surface area contributed by atoms with Crippen LogP contribution in [0.15, 0.2) is 54.6 Å². The Bertz CT molecular complexity index is 1530. The van der Waals surface area contributed by atoms with Crippen molar-refractivity contribution in [3.8, 4) is 5.75 Å². The molecule has 0 spiro atoms. The molecule has 1 aliphatic heterocycles. The van der Waals surface area contributed by atoms with E-state index in [9.17, 15) is 38.9 Å². The Morgan fingerprint density at radius 1 is 0.878 bits per heavy atom. The molecule has 1 N–H and O–H groups in total. The lowest BCUT2D eigenvalue weighted by molar-refractivity contribution is -0.384. The number of ether oxygens (including phenoxy) is 7. The van der Waals surface area contributed by atoms with Crippen LogP contribution >= 0.6 is 0 Å². The van der Waals surface area contributed by atoms with Gasteiger partial charge in [0, 0.05) is 46.8 Å². The smallest absolute Gasteiger partial charge is 0.380 e. The molecule has 1 saturated heterocycles. The molecule has 2 aromatic rings. The normalized spacial score (nSPS) is 21.1. The number of nitro benzene ring substituents is 1. The highest BCUT2D eigenvalue weighted by Crippen LogP contribution is 2.38. The lowest BCUT2D eigenvalue weighted by Crippen LogP contribution is -2.70. The summed E-state index contributed by atoms with van der Waals surface area (Å²) in [4.78, 5) is 86.0. The van der Waals surface area contributed by atoms with E-state index in [4.69, 9.17) is 33.2 Å². The number of non-ortho nitro benzene ring substituents is 1. The molecule has 0 radical (unpaired) electrons. The van der Waals surface area contributed by atoms with Crippen molar-refractivity contribution in [3.05, 3.63) is 70.3 Å². The molecule has 17 heteroatoms. The minimum Gasteiger partial charge on any atom is -0.462 e. The third kappa shape index (κ3) is 11.0. The fraction of sp³-hybridized carbons (Fsp3) is 0.438. The van der Waals surface area contributed by atoms with Crippen molar-refractivity contribution in [3.63, 3.8) is 0 Å². The second kappa shape index (κ2) is 17.0. The largest absolute Gasteiger partial charge is 0.462 e. The number of benzene rings is 2. The number of hydrogen-bond donors (Lipinski definition) is 1. The van der Waals surface area contributed by atoms with Gasteiger partial charge in [-0.1, -0.05) is 30.3 Å². The van der Waals surface area contributed by atoms with Gasteiger partial charge in [0.25, 0.3) is 5.69 Å². The van der Waals surface area contributed by atoms with Gasteiger partial charge in [-0.25, -0.2) is 4.79 Å². The van der Waals surface area contributed by atoms with E-state index in [1.54, 1.807) is 30.3 Å². The number of carbonyl (C=O) groups is 6. The van der Waals surface area contributed by atoms with Gasteiger partial charge in [-0.05, 0) is 17.7 Å². The van der Waals surface area contributed by atoms with E-state index < -0.39 is 89.9 Å². The molecule has 6 atom stereocenters. The first kappa shape index (κ1) is 37.9. The molecule has 3 rings (SSSR count). The summed E-state index contributed by atoms with van der Waals surface area (Å²) in [5.74, 6) is -8.04. The molecule has 0 aromatic heterocycles. The summed E-state index contributed by atoms with van der Waals surface area (Å²) in [5.41, 5.74) is 0.263. The summed E-state index contributed by atoms with van der Waals surface area (Å²) >= 11 is 0. The third-order valence-corrected chi connectivity index (χ3v) is 6.85. The first-order valence-electron chi connectivity index (χ1n) is 14.8. The summed E-state index contributed by atoms with van der Waals surface area (Å²) in [5, 5.41) is 13.8. The highest BCUT2D eigenvalue weighted by molar-refractivity contribution is 5.79. The SMILES string of the molecule is CC(=O)N[C@H]1[C@H]([C@H](OC(C)=O)[C@@H](COC(C)=O)OC(C)=O)O[C@@](Oc2ccc([N+](=O)[O-])cc2)(C(=O)OCc2ccccc2)C[C@@H]1OC(C)=O. The van der Waals surface area contributed by atoms with Crippen LogP contribution in [0.3, 0.4) is 0 Å². The van der Waals surface area contributed by atoms with Crippen LogP contribution in [-0.2, 0) is 63.8 Å². The van der Waals surface area contributed by atoms with Gasteiger partial charge in [0.1, 0.15) is 31.2 Å². The van der Waals surface area contributed by atoms with E-state index in [0.717, 1.165) is 46.8 Å². The molecule has 1 fully saturated rings. The number of hydrogen-bond acceptors (Lipinski definition) is 15. The summed E-state index contributed by atoms with van der Waals surface area (Å²) in [6.45, 7) is 4.35. The van der Waals surface area contributed by atoms with Crippen molar-refractivity contribution < 1.29 is 66.8 Å². The lowest BCUT2D eigenvalue weighted by atomic mass is 9.88. The van der Waals surface area contributed by atoms with Gasteiger partial charge in [0.15, 0.2) is 12.2 Å². The van der Waals surface area contributed by atoms with Crippen molar-refractivity contribution in [2.75, 3.05) is 6.61 Å². The molecule has 0 aliphatic carbocycles. The van der Waals surface area contributed by atoms with Crippen LogP contribution in [0.4, 0.5) is 5.69 Å². The molecule has 0 saturated carbocycles. The molecule has 2 aromatic carbocycles. The molecule has 49 heavy (non-hydrogen) atoms. The van der Waals surface area contributed by atoms with Gasteiger partial charge < -0.3 is 38.5 Å². The van der Waals surface area contributed by atoms with Crippen molar-refractivity contribution >= 4 is 41.4 Å². The quantitative estimate of drug-likeness (QED) is 0.130. The molecule has 264 valence electrons. The van der Waals surface area contributed by atoms with Gasteiger partial charge in [-0.15, -0.1) is 0 Å². The zero-order valence-electron chi connectivity index (χ0n) is 27.3.